The minimum Gasteiger partial charge on any atom is -0.312 e. The normalized spacial score (nSPS) is 13.8. The summed E-state index contributed by atoms with van der Waals surface area (Å²) in [6.45, 7) is 1.44. The van der Waals surface area contributed by atoms with Gasteiger partial charge in [0.1, 0.15) is 6.67 Å². The third-order valence-corrected chi connectivity index (χ3v) is 4.43. The molecule has 0 saturated carbocycles. The molecule has 4 rings (SSSR count). The van der Waals surface area contributed by atoms with Crippen molar-refractivity contribution >= 4 is 0 Å². The molecule has 1 aliphatic heterocycles. The van der Waals surface area contributed by atoms with E-state index in [2.05, 4.69) is 28.5 Å². The summed E-state index contributed by atoms with van der Waals surface area (Å²) in [6, 6.07) is 12.3. The van der Waals surface area contributed by atoms with Crippen molar-refractivity contribution in [3.05, 3.63) is 71.8 Å². The lowest BCUT2D eigenvalue weighted by Gasteiger charge is -2.22. The van der Waals surface area contributed by atoms with E-state index in [0.717, 1.165) is 30.8 Å². The predicted molar refractivity (Wildman–Crippen MR) is 89.2 cm³/mol. The molecule has 2 aromatic carbocycles. The molecule has 0 radical (unpaired) electrons. The molecule has 1 aromatic heterocycles. The monoisotopic (exact) mass is 307 g/mol. The molecule has 0 bridgehead atoms. The van der Waals surface area contributed by atoms with E-state index in [9.17, 15) is 4.39 Å². The fraction of sp³-hybridized carbons (Fsp3) is 0.211. The summed E-state index contributed by atoms with van der Waals surface area (Å²) in [4.78, 5) is 4.14. The van der Waals surface area contributed by atoms with Gasteiger partial charge in [-0.25, -0.2) is 9.37 Å². The van der Waals surface area contributed by atoms with Crippen molar-refractivity contribution in [2.24, 2.45) is 0 Å². The summed E-state index contributed by atoms with van der Waals surface area (Å²) in [6.07, 6.45) is 6.42. The van der Waals surface area contributed by atoms with Gasteiger partial charge in [-0.2, -0.15) is 0 Å². The number of hydrogen-bond acceptors (Lipinski definition) is 2. The molecular formula is C19H18FN3. The number of alkyl halides is 1. The molecule has 3 nitrogen and oxygen atoms in total. The van der Waals surface area contributed by atoms with Crippen LogP contribution in [-0.2, 0) is 19.6 Å². The second kappa shape index (κ2) is 5.97. The van der Waals surface area contributed by atoms with Crippen LogP contribution in [0.3, 0.4) is 0 Å². The average molecular weight is 307 g/mol. The van der Waals surface area contributed by atoms with Gasteiger partial charge < -0.3 is 9.88 Å². The molecule has 1 aliphatic rings. The maximum Gasteiger partial charge on any atom is 0.115 e. The number of hydrogen-bond donors (Lipinski definition) is 1. The first kappa shape index (κ1) is 14.2. The van der Waals surface area contributed by atoms with Crippen LogP contribution in [0.5, 0.6) is 0 Å². The van der Waals surface area contributed by atoms with Crippen molar-refractivity contribution in [3.8, 4) is 16.8 Å². The van der Waals surface area contributed by atoms with E-state index in [1.54, 1.807) is 12.5 Å². The molecule has 0 aliphatic carbocycles. The Kier molecular flexibility index (Phi) is 3.67. The summed E-state index contributed by atoms with van der Waals surface area (Å²) in [7, 11) is 0. The Labute approximate surface area is 134 Å². The highest BCUT2D eigenvalue weighted by Gasteiger charge is 2.16. The van der Waals surface area contributed by atoms with Gasteiger partial charge in [0, 0.05) is 24.5 Å². The first-order valence-corrected chi connectivity index (χ1v) is 7.86. The van der Waals surface area contributed by atoms with Crippen molar-refractivity contribution in [2.75, 3.05) is 6.54 Å². The molecule has 0 amide bonds. The Hall–Kier alpha value is -2.46. The van der Waals surface area contributed by atoms with Gasteiger partial charge in [-0.3, -0.25) is 0 Å². The smallest absolute Gasteiger partial charge is 0.115 e. The zero-order chi connectivity index (χ0) is 15.6. The molecule has 116 valence electrons. The minimum absolute atomic E-state index is 0.460. The van der Waals surface area contributed by atoms with Crippen molar-refractivity contribution in [1.82, 2.24) is 14.9 Å². The first-order valence-electron chi connectivity index (χ1n) is 7.86. The molecular weight excluding hydrogens is 289 g/mol. The number of nitrogens with zero attached hydrogens (tertiary/aromatic N) is 2. The maximum atomic E-state index is 13.1. The molecule has 1 N–H and O–H groups in total. The Balaban J connectivity index is 1.93. The molecule has 3 aromatic rings. The van der Waals surface area contributed by atoms with E-state index < -0.39 is 6.67 Å². The van der Waals surface area contributed by atoms with Crippen LogP contribution in [0.2, 0.25) is 0 Å². The fourth-order valence-corrected chi connectivity index (χ4v) is 3.29. The van der Waals surface area contributed by atoms with E-state index in [4.69, 9.17) is 0 Å². The minimum atomic E-state index is -0.460. The number of aromatic nitrogens is 2. The zero-order valence-corrected chi connectivity index (χ0v) is 12.8. The molecule has 0 fully saturated rings. The number of benzene rings is 2. The van der Waals surface area contributed by atoms with Crippen LogP contribution >= 0.6 is 0 Å². The van der Waals surface area contributed by atoms with Crippen LogP contribution in [0.1, 0.15) is 16.7 Å². The van der Waals surface area contributed by atoms with Gasteiger partial charge >= 0.3 is 0 Å². The standard InChI is InChI=1S/C19H18FN3/c20-11-14-4-5-18(19(10-14)23-9-8-22-13-23)17-3-1-2-15-12-21-7-6-16(15)17/h1-5,8-10,13,21H,6-7,11-12H2. The molecule has 23 heavy (non-hydrogen) atoms. The van der Waals surface area contributed by atoms with Gasteiger partial charge in [0.15, 0.2) is 0 Å². The van der Waals surface area contributed by atoms with Crippen molar-refractivity contribution in [1.29, 1.82) is 0 Å². The second-order valence-electron chi connectivity index (χ2n) is 5.83. The molecule has 0 spiro atoms. The Morgan fingerprint density at radius 2 is 2.13 bits per heavy atom. The molecule has 0 atom stereocenters. The van der Waals surface area contributed by atoms with E-state index in [1.807, 2.05) is 29.0 Å². The number of nitrogens with one attached hydrogen (secondary N) is 1. The lowest BCUT2D eigenvalue weighted by atomic mass is 9.90. The van der Waals surface area contributed by atoms with Gasteiger partial charge in [0.05, 0.1) is 12.0 Å². The lowest BCUT2D eigenvalue weighted by Crippen LogP contribution is -2.24. The highest BCUT2D eigenvalue weighted by molar-refractivity contribution is 5.77. The Morgan fingerprint density at radius 3 is 2.96 bits per heavy atom. The van der Waals surface area contributed by atoms with Crippen molar-refractivity contribution in [3.63, 3.8) is 0 Å². The van der Waals surface area contributed by atoms with E-state index in [0.29, 0.717) is 5.56 Å². The quantitative estimate of drug-likeness (QED) is 0.800. The van der Waals surface area contributed by atoms with Crippen molar-refractivity contribution < 1.29 is 4.39 Å². The highest BCUT2D eigenvalue weighted by atomic mass is 19.1. The SMILES string of the molecule is FCc1ccc(-c2cccc3c2CCNC3)c(-n2ccnc2)c1. The van der Waals surface area contributed by atoms with Gasteiger partial charge in [-0.15, -0.1) is 0 Å². The third-order valence-electron chi connectivity index (χ3n) is 4.43. The summed E-state index contributed by atoms with van der Waals surface area (Å²) < 4.78 is 15.1. The van der Waals surface area contributed by atoms with Crippen molar-refractivity contribution in [2.45, 2.75) is 19.6 Å². The summed E-state index contributed by atoms with van der Waals surface area (Å²) in [5.74, 6) is 0. The number of fused-ring (bicyclic) bond motifs is 1. The number of imidazole rings is 1. The van der Waals surface area contributed by atoms with E-state index in [-0.39, 0.29) is 0 Å². The highest BCUT2D eigenvalue weighted by Crippen LogP contribution is 2.33. The predicted octanol–water partition coefficient (Wildman–Crippen LogP) is 3.65. The second-order valence-corrected chi connectivity index (χ2v) is 5.83. The number of halogens is 1. The van der Waals surface area contributed by atoms with Crippen LogP contribution in [-0.4, -0.2) is 16.1 Å². The Bertz CT molecular complexity index is 825. The molecule has 4 heteroatoms. The van der Waals surface area contributed by atoms with Gasteiger partial charge in [-0.1, -0.05) is 30.3 Å². The van der Waals surface area contributed by atoms with E-state index in [1.165, 1.54) is 16.7 Å². The number of rotatable bonds is 3. The zero-order valence-electron chi connectivity index (χ0n) is 12.8. The summed E-state index contributed by atoms with van der Waals surface area (Å²) in [5.41, 5.74) is 6.76. The van der Waals surface area contributed by atoms with Crippen LogP contribution in [0.25, 0.3) is 16.8 Å². The Morgan fingerprint density at radius 1 is 1.17 bits per heavy atom. The van der Waals surface area contributed by atoms with Gasteiger partial charge in [-0.05, 0) is 41.3 Å². The fourth-order valence-electron chi connectivity index (χ4n) is 3.29. The molecule has 2 heterocycles. The van der Waals surface area contributed by atoms with Crippen LogP contribution in [0, 0.1) is 0 Å². The van der Waals surface area contributed by atoms with Crippen LogP contribution in [0.4, 0.5) is 4.39 Å². The topological polar surface area (TPSA) is 29.9 Å². The van der Waals surface area contributed by atoms with Crippen LogP contribution in [0.15, 0.2) is 55.1 Å². The first-order chi connectivity index (χ1) is 11.4. The van der Waals surface area contributed by atoms with E-state index >= 15 is 0 Å². The molecule has 0 unspecified atom stereocenters. The summed E-state index contributed by atoms with van der Waals surface area (Å²) in [5, 5.41) is 3.42. The molecule has 0 saturated heterocycles. The maximum absolute atomic E-state index is 13.1. The average Bonchev–Trinajstić information content (AvgIpc) is 3.15. The third kappa shape index (κ3) is 2.55. The lowest BCUT2D eigenvalue weighted by molar-refractivity contribution is 0.485. The largest absolute Gasteiger partial charge is 0.312 e. The van der Waals surface area contributed by atoms with Gasteiger partial charge in [0.2, 0.25) is 0 Å². The van der Waals surface area contributed by atoms with Gasteiger partial charge in [0.25, 0.3) is 0 Å². The summed E-state index contributed by atoms with van der Waals surface area (Å²) >= 11 is 0. The van der Waals surface area contributed by atoms with Crippen LogP contribution < -0.4 is 5.32 Å².